The van der Waals surface area contributed by atoms with Crippen molar-refractivity contribution in [3.05, 3.63) is 54.1 Å². The predicted molar refractivity (Wildman–Crippen MR) is 77.0 cm³/mol. The molecule has 4 nitrogen and oxygen atoms in total. The highest BCUT2D eigenvalue weighted by Crippen LogP contribution is 2.30. The molecule has 0 amide bonds. The molecule has 0 saturated heterocycles. The number of hydrogen-bond donors (Lipinski definition) is 1. The molecule has 5 heteroatoms. The highest BCUT2D eigenvalue weighted by Gasteiger charge is 2.21. The second kappa shape index (κ2) is 6.10. The highest BCUT2D eigenvalue weighted by atomic mass is 19.1. The summed E-state index contributed by atoms with van der Waals surface area (Å²) < 4.78 is 24.4. The number of hydrogen-bond acceptors (Lipinski definition) is 4. The van der Waals surface area contributed by atoms with Gasteiger partial charge in [0.2, 0.25) is 0 Å². The molecule has 0 bridgehead atoms. The fourth-order valence-electron chi connectivity index (χ4n) is 2.22. The quantitative estimate of drug-likeness (QED) is 0.939. The Morgan fingerprint density at radius 2 is 2.10 bits per heavy atom. The summed E-state index contributed by atoms with van der Waals surface area (Å²) in [6, 6.07) is 10.7. The van der Waals surface area contributed by atoms with Crippen LogP contribution in [0.15, 0.2) is 42.6 Å². The number of halogens is 1. The summed E-state index contributed by atoms with van der Waals surface area (Å²) in [5.41, 5.74) is 0.800. The van der Waals surface area contributed by atoms with E-state index < -0.39 is 0 Å². The van der Waals surface area contributed by atoms with Crippen LogP contribution in [0.3, 0.4) is 0 Å². The zero-order valence-corrected chi connectivity index (χ0v) is 11.8. The lowest BCUT2D eigenvalue weighted by Gasteiger charge is -2.27. The van der Waals surface area contributed by atoms with E-state index in [0.717, 1.165) is 17.2 Å². The molecule has 0 spiro atoms. The molecule has 2 heterocycles. The molecule has 0 fully saturated rings. The van der Waals surface area contributed by atoms with Crippen LogP contribution in [0, 0.1) is 5.82 Å². The van der Waals surface area contributed by atoms with Crippen LogP contribution in [0.25, 0.3) is 0 Å². The number of rotatable bonds is 4. The van der Waals surface area contributed by atoms with Crippen molar-refractivity contribution < 1.29 is 13.9 Å². The molecule has 0 radical (unpaired) electrons. The van der Waals surface area contributed by atoms with E-state index in [2.05, 4.69) is 10.3 Å². The molecule has 0 unspecified atom stereocenters. The Bertz CT molecular complexity index is 603. The Kier molecular flexibility index (Phi) is 4.01. The third kappa shape index (κ3) is 3.31. The summed E-state index contributed by atoms with van der Waals surface area (Å²) in [6.07, 6.45) is 1.17. The summed E-state index contributed by atoms with van der Waals surface area (Å²) in [6.45, 7) is 3.13. The molecule has 21 heavy (non-hydrogen) atoms. The average molecular weight is 288 g/mol. The zero-order valence-electron chi connectivity index (χ0n) is 11.8. The van der Waals surface area contributed by atoms with Gasteiger partial charge in [0, 0.05) is 12.6 Å². The molecule has 3 rings (SSSR count). The highest BCUT2D eigenvalue weighted by molar-refractivity contribution is 5.40. The smallest absolute Gasteiger partial charge is 0.161 e. The van der Waals surface area contributed by atoms with Gasteiger partial charge in [-0.25, -0.2) is 4.39 Å². The van der Waals surface area contributed by atoms with Gasteiger partial charge < -0.3 is 14.8 Å². The van der Waals surface area contributed by atoms with Crippen LogP contribution in [0.5, 0.6) is 11.5 Å². The SMILES string of the molecule is C[C@@H](NC[C@@H]1COc2ccccc2O1)c1ccc(F)cn1. The van der Waals surface area contributed by atoms with E-state index in [0.29, 0.717) is 13.2 Å². The summed E-state index contributed by atoms with van der Waals surface area (Å²) in [5, 5.41) is 3.33. The maximum absolute atomic E-state index is 12.8. The average Bonchev–Trinajstić information content (AvgIpc) is 2.53. The predicted octanol–water partition coefficient (Wildman–Crippen LogP) is 2.71. The number of nitrogens with zero attached hydrogens (tertiary/aromatic N) is 1. The van der Waals surface area contributed by atoms with Crippen molar-refractivity contribution in [2.75, 3.05) is 13.2 Å². The molecule has 1 aromatic heterocycles. The lowest BCUT2D eigenvalue weighted by atomic mass is 10.2. The molecule has 2 atom stereocenters. The van der Waals surface area contributed by atoms with Gasteiger partial charge in [-0.2, -0.15) is 0 Å². The number of aromatic nitrogens is 1. The van der Waals surface area contributed by atoms with E-state index in [1.165, 1.54) is 12.3 Å². The van der Waals surface area contributed by atoms with Crippen molar-refractivity contribution in [1.82, 2.24) is 10.3 Å². The van der Waals surface area contributed by atoms with Crippen molar-refractivity contribution in [1.29, 1.82) is 0 Å². The van der Waals surface area contributed by atoms with E-state index in [-0.39, 0.29) is 18.0 Å². The van der Waals surface area contributed by atoms with Crippen LogP contribution < -0.4 is 14.8 Å². The van der Waals surface area contributed by atoms with Crippen LogP contribution in [-0.4, -0.2) is 24.2 Å². The van der Waals surface area contributed by atoms with Crippen molar-refractivity contribution in [2.24, 2.45) is 0 Å². The maximum Gasteiger partial charge on any atom is 0.161 e. The topological polar surface area (TPSA) is 43.4 Å². The number of benzene rings is 1. The minimum absolute atomic E-state index is 0.0198. The maximum atomic E-state index is 12.8. The van der Waals surface area contributed by atoms with E-state index in [9.17, 15) is 4.39 Å². The van der Waals surface area contributed by atoms with Gasteiger partial charge in [0.15, 0.2) is 11.5 Å². The van der Waals surface area contributed by atoms with Gasteiger partial charge in [-0.3, -0.25) is 4.98 Å². The Morgan fingerprint density at radius 1 is 1.29 bits per heavy atom. The van der Waals surface area contributed by atoms with Gasteiger partial charge in [-0.15, -0.1) is 0 Å². The molecule has 0 aliphatic carbocycles. The Balaban J connectivity index is 1.55. The molecule has 110 valence electrons. The number of ether oxygens (including phenoxy) is 2. The largest absolute Gasteiger partial charge is 0.486 e. The lowest BCUT2D eigenvalue weighted by molar-refractivity contribution is 0.0885. The molecular formula is C16H17FN2O2. The van der Waals surface area contributed by atoms with Gasteiger partial charge >= 0.3 is 0 Å². The minimum Gasteiger partial charge on any atom is -0.486 e. The first kappa shape index (κ1) is 13.8. The van der Waals surface area contributed by atoms with Crippen molar-refractivity contribution >= 4 is 0 Å². The number of nitrogens with one attached hydrogen (secondary N) is 1. The molecule has 2 aromatic rings. The molecule has 1 aliphatic rings. The van der Waals surface area contributed by atoms with Gasteiger partial charge in [-0.05, 0) is 31.2 Å². The summed E-state index contributed by atoms with van der Waals surface area (Å²) in [7, 11) is 0. The standard InChI is InChI=1S/C16H17FN2O2/c1-11(14-7-6-12(17)8-19-14)18-9-13-10-20-15-4-2-3-5-16(15)21-13/h2-8,11,13,18H,9-10H2,1H3/t11-,13-/m1/s1. The van der Waals surface area contributed by atoms with Crippen LogP contribution in [0.1, 0.15) is 18.7 Å². The van der Waals surface area contributed by atoms with E-state index in [1.807, 2.05) is 31.2 Å². The molecule has 0 saturated carbocycles. The third-order valence-electron chi connectivity index (χ3n) is 3.41. The normalized spacial score (nSPS) is 18.3. The number of para-hydroxylation sites is 2. The Hall–Kier alpha value is -2.14. The molecule has 1 aliphatic heterocycles. The lowest BCUT2D eigenvalue weighted by Crippen LogP contribution is -2.39. The van der Waals surface area contributed by atoms with Crippen LogP contribution in [-0.2, 0) is 0 Å². The van der Waals surface area contributed by atoms with Crippen molar-refractivity contribution in [3.63, 3.8) is 0 Å². The minimum atomic E-state index is -0.327. The summed E-state index contributed by atoms with van der Waals surface area (Å²) >= 11 is 0. The van der Waals surface area contributed by atoms with E-state index >= 15 is 0 Å². The Labute approximate surface area is 122 Å². The van der Waals surface area contributed by atoms with Crippen LogP contribution in [0.4, 0.5) is 4.39 Å². The first-order valence-corrected chi connectivity index (χ1v) is 6.95. The monoisotopic (exact) mass is 288 g/mol. The van der Waals surface area contributed by atoms with Gasteiger partial charge in [0.1, 0.15) is 18.5 Å². The zero-order chi connectivity index (χ0) is 14.7. The van der Waals surface area contributed by atoms with Gasteiger partial charge in [-0.1, -0.05) is 12.1 Å². The summed E-state index contributed by atoms with van der Waals surface area (Å²) in [4.78, 5) is 4.07. The van der Waals surface area contributed by atoms with Crippen molar-refractivity contribution in [2.45, 2.75) is 19.1 Å². The van der Waals surface area contributed by atoms with E-state index in [4.69, 9.17) is 9.47 Å². The summed E-state index contributed by atoms with van der Waals surface area (Å²) in [5.74, 6) is 1.22. The van der Waals surface area contributed by atoms with E-state index in [1.54, 1.807) is 6.07 Å². The van der Waals surface area contributed by atoms with Gasteiger partial charge in [0.25, 0.3) is 0 Å². The third-order valence-corrected chi connectivity index (χ3v) is 3.41. The van der Waals surface area contributed by atoms with Gasteiger partial charge in [0.05, 0.1) is 11.9 Å². The Morgan fingerprint density at radius 3 is 2.86 bits per heavy atom. The second-order valence-corrected chi connectivity index (χ2v) is 5.03. The first-order valence-electron chi connectivity index (χ1n) is 6.95. The molecular weight excluding hydrogens is 271 g/mol. The fraction of sp³-hybridized carbons (Fsp3) is 0.312. The van der Waals surface area contributed by atoms with Crippen molar-refractivity contribution in [3.8, 4) is 11.5 Å². The molecule has 1 N–H and O–H groups in total. The van der Waals surface area contributed by atoms with Crippen LogP contribution in [0.2, 0.25) is 0 Å². The fourth-order valence-corrected chi connectivity index (χ4v) is 2.22. The second-order valence-electron chi connectivity index (χ2n) is 5.03. The molecule has 1 aromatic carbocycles. The number of fused-ring (bicyclic) bond motifs is 1. The first-order chi connectivity index (χ1) is 10.2. The van der Waals surface area contributed by atoms with Crippen LogP contribution >= 0.6 is 0 Å². The number of pyridine rings is 1.